The standard InChI is InChI=1S/C10H22N2O2S/c1-7(8(6-13)15-5)11-9(14)12-10(2,3)4/h7-8,13H,6H2,1-5H3,(H2,11,12,14). The molecule has 2 unspecified atom stereocenters. The fourth-order valence-corrected chi connectivity index (χ4v) is 1.74. The van der Waals surface area contributed by atoms with Crippen LogP contribution in [-0.2, 0) is 0 Å². The molecule has 0 bridgehead atoms. The van der Waals surface area contributed by atoms with Crippen molar-refractivity contribution in [3.05, 3.63) is 0 Å². The summed E-state index contributed by atoms with van der Waals surface area (Å²) in [5.41, 5.74) is -0.238. The number of hydrogen-bond acceptors (Lipinski definition) is 3. The van der Waals surface area contributed by atoms with Crippen LogP contribution in [0.5, 0.6) is 0 Å². The first-order valence-corrected chi connectivity index (χ1v) is 6.31. The Bertz CT molecular complexity index is 200. The lowest BCUT2D eigenvalue weighted by molar-refractivity contribution is 0.224. The molecule has 3 N–H and O–H groups in total. The van der Waals surface area contributed by atoms with Gasteiger partial charge < -0.3 is 15.7 Å². The van der Waals surface area contributed by atoms with Gasteiger partial charge in [-0.2, -0.15) is 11.8 Å². The van der Waals surface area contributed by atoms with Crippen molar-refractivity contribution in [1.82, 2.24) is 10.6 Å². The van der Waals surface area contributed by atoms with Crippen molar-refractivity contribution in [3.63, 3.8) is 0 Å². The van der Waals surface area contributed by atoms with E-state index in [2.05, 4.69) is 10.6 Å². The SMILES string of the molecule is CSC(CO)C(C)NC(=O)NC(C)(C)C. The van der Waals surface area contributed by atoms with Gasteiger partial charge in [0.25, 0.3) is 0 Å². The largest absolute Gasteiger partial charge is 0.395 e. The van der Waals surface area contributed by atoms with Gasteiger partial charge in [0.15, 0.2) is 0 Å². The minimum Gasteiger partial charge on any atom is -0.395 e. The zero-order valence-electron chi connectivity index (χ0n) is 10.1. The summed E-state index contributed by atoms with van der Waals surface area (Å²) in [7, 11) is 0. The van der Waals surface area contributed by atoms with Crippen molar-refractivity contribution in [3.8, 4) is 0 Å². The van der Waals surface area contributed by atoms with E-state index in [9.17, 15) is 4.79 Å². The van der Waals surface area contributed by atoms with E-state index in [1.54, 1.807) is 11.8 Å². The fourth-order valence-electron chi connectivity index (χ4n) is 1.11. The molecule has 2 amide bonds. The van der Waals surface area contributed by atoms with E-state index < -0.39 is 0 Å². The number of thioether (sulfide) groups is 1. The summed E-state index contributed by atoms with van der Waals surface area (Å²) in [5, 5.41) is 14.7. The summed E-state index contributed by atoms with van der Waals surface area (Å²) >= 11 is 1.55. The Morgan fingerprint density at radius 3 is 2.33 bits per heavy atom. The van der Waals surface area contributed by atoms with E-state index in [4.69, 9.17) is 5.11 Å². The van der Waals surface area contributed by atoms with Gasteiger partial charge in [0.05, 0.1) is 6.61 Å². The van der Waals surface area contributed by atoms with E-state index in [0.717, 1.165) is 0 Å². The van der Waals surface area contributed by atoms with Crippen molar-refractivity contribution >= 4 is 17.8 Å². The van der Waals surface area contributed by atoms with E-state index in [0.29, 0.717) is 0 Å². The molecule has 15 heavy (non-hydrogen) atoms. The summed E-state index contributed by atoms with van der Waals surface area (Å²) < 4.78 is 0. The van der Waals surface area contributed by atoms with E-state index in [-0.39, 0.29) is 29.5 Å². The van der Waals surface area contributed by atoms with Gasteiger partial charge in [0, 0.05) is 16.8 Å². The highest BCUT2D eigenvalue weighted by Gasteiger charge is 2.19. The van der Waals surface area contributed by atoms with Crippen LogP contribution in [-0.4, -0.2) is 40.8 Å². The third kappa shape index (κ3) is 6.62. The van der Waals surface area contributed by atoms with Gasteiger partial charge in [-0.15, -0.1) is 0 Å². The third-order valence-corrected chi connectivity index (χ3v) is 3.05. The average Bonchev–Trinajstić information content (AvgIpc) is 2.02. The first-order chi connectivity index (χ1) is 6.80. The van der Waals surface area contributed by atoms with Gasteiger partial charge in [-0.25, -0.2) is 4.79 Å². The van der Waals surface area contributed by atoms with Crippen LogP contribution >= 0.6 is 11.8 Å². The molecule has 5 heteroatoms. The van der Waals surface area contributed by atoms with Crippen LogP contribution in [0.25, 0.3) is 0 Å². The van der Waals surface area contributed by atoms with E-state index >= 15 is 0 Å². The Morgan fingerprint density at radius 1 is 1.47 bits per heavy atom. The lowest BCUT2D eigenvalue weighted by atomic mass is 10.1. The molecule has 0 saturated carbocycles. The first kappa shape index (κ1) is 14.6. The van der Waals surface area contributed by atoms with Crippen LogP contribution < -0.4 is 10.6 Å². The Labute approximate surface area is 96.2 Å². The number of carbonyl (C=O) groups is 1. The highest BCUT2D eigenvalue weighted by Crippen LogP contribution is 2.10. The van der Waals surface area contributed by atoms with Gasteiger partial charge in [-0.1, -0.05) is 0 Å². The third-order valence-electron chi connectivity index (χ3n) is 1.89. The Morgan fingerprint density at radius 2 is 2.00 bits per heavy atom. The topological polar surface area (TPSA) is 61.4 Å². The minimum absolute atomic E-state index is 0.0377. The Balaban J connectivity index is 4.06. The van der Waals surface area contributed by atoms with Gasteiger partial charge in [-0.05, 0) is 34.0 Å². The molecule has 0 spiro atoms. The number of rotatable bonds is 4. The predicted molar refractivity (Wildman–Crippen MR) is 65.3 cm³/mol. The second-order valence-electron chi connectivity index (χ2n) is 4.59. The molecule has 0 aliphatic rings. The highest BCUT2D eigenvalue weighted by atomic mass is 32.2. The van der Waals surface area contributed by atoms with Crippen molar-refractivity contribution in [2.24, 2.45) is 0 Å². The van der Waals surface area contributed by atoms with Gasteiger partial charge in [0.1, 0.15) is 0 Å². The summed E-state index contributed by atoms with van der Waals surface area (Å²) in [5.74, 6) is 0. The van der Waals surface area contributed by atoms with Crippen molar-refractivity contribution in [2.45, 2.75) is 44.5 Å². The molecule has 0 aromatic heterocycles. The average molecular weight is 234 g/mol. The van der Waals surface area contributed by atoms with Crippen molar-refractivity contribution < 1.29 is 9.90 Å². The van der Waals surface area contributed by atoms with E-state index in [1.807, 2.05) is 34.0 Å². The molecule has 0 aliphatic carbocycles. The molecule has 0 heterocycles. The smallest absolute Gasteiger partial charge is 0.315 e. The minimum atomic E-state index is -0.238. The molecule has 0 rings (SSSR count). The summed E-state index contributed by atoms with van der Waals surface area (Å²) in [6, 6.07) is -0.241. The summed E-state index contributed by atoms with van der Waals surface area (Å²) in [6.45, 7) is 7.73. The lowest BCUT2D eigenvalue weighted by Gasteiger charge is -2.25. The number of urea groups is 1. The Kier molecular flexibility index (Phi) is 6.05. The maximum atomic E-state index is 11.5. The van der Waals surface area contributed by atoms with Crippen LogP contribution in [0.1, 0.15) is 27.7 Å². The van der Waals surface area contributed by atoms with Crippen LogP contribution in [0, 0.1) is 0 Å². The molecular formula is C10H22N2O2S. The van der Waals surface area contributed by atoms with Gasteiger partial charge in [0.2, 0.25) is 0 Å². The number of amides is 2. The number of carbonyl (C=O) groups excluding carboxylic acids is 1. The maximum Gasteiger partial charge on any atom is 0.315 e. The van der Waals surface area contributed by atoms with Crippen LogP contribution in [0.15, 0.2) is 0 Å². The molecule has 0 aliphatic heterocycles. The molecule has 4 nitrogen and oxygen atoms in total. The second-order valence-corrected chi connectivity index (χ2v) is 5.67. The van der Waals surface area contributed by atoms with Crippen LogP contribution in [0.3, 0.4) is 0 Å². The lowest BCUT2D eigenvalue weighted by Crippen LogP contribution is -2.51. The summed E-state index contributed by atoms with van der Waals surface area (Å²) in [6.07, 6.45) is 1.92. The molecule has 0 saturated heterocycles. The normalized spacial score (nSPS) is 15.6. The molecule has 0 aromatic carbocycles. The van der Waals surface area contributed by atoms with Crippen molar-refractivity contribution in [2.75, 3.05) is 12.9 Å². The summed E-state index contributed by atoms with van der Waals surface area (Å²) in [4.78, 5) is 11.5. The maximum absolute atomic E-state index is 11.5. The quantitative estimate of drug-likeness (QED) is 0.685. The number of nitrogens with one attached hydrogen (secondary N) is 2. The van der Waals surface area contributed by atoms with Crippen LogP contribution in [0.4, 0.5) is 4.79 Å². The zero-order chi connectivity index (χ0) is 12.1. The molecule has 0 radical (unpaired) electrons. The molecule has 2 atom stereocenters. The van der Waals surface area contributed by atoms with E-state index in [1.165, 1.54) is 0 Å². The zero-order valence-corrected chi connectivity index (χ0v) is 10.9. The number of hydrogen-bond donors (Lipinski definition) is 3. The first-order valence-electron chi connectivity index (χ1n) is 5.02. The predicted octanol–water partition coefficient (Wildman–Crippen LogP) is 1.20. The molecule has 90 valence electrons. The second kappa shape index (κ2) is 6.23. The van der Waals surface area contributed by atoms with Crippen molar-refractivity contribution in [1.29, 1.82) is 0 Å². The number of aliphatic hydroxyl groups excluding tert-OH is 1. The monoisotopic (exact) mass is 234 g/mol. The fraction of sp³-hybridized carbons (Fsp3) is 0.900. The molecule has 0 aromatic rings. The number of aliphatic hydroxyl groups is 1. The molecular weight excluding hydrogens is 212 g/mol. The van der Waals surface area contributed by atoms with Gasteiger partial charge >= 0.3 is 6.03 Å². The van der Waals surface area contributed by atoms with Gasteiger partial charge in [-0.3, -0.25) is 0 Å². The highest BCUT2D eigenvalue weighted by molar-refractivity contribution is 7.99. The molecule has 0 fully saturated rings. The van der Waals surface area contributed by atoms with Crippen LogP contribution in [0.2, 0.25) is 0 Å². The Hall–Kier alpha value is -0.420.